The molecule has 0 saturated carbocycles. The third-order valence-electron chi connectivity index (χ3n) is 1.90. The van der Waals surface area contributed by atoms with Gasteiger partial charge in [0.1, 0.15) is 5.75 Å². The van der Waals surface area contributed by atoms with Crippen LogP contribution in [0.15, 0.2) is 24.3 Å². The molecular weight excluding hydrogens is 167 g/mol. The average Bonchev–Trinajstić information content (AvgIpc) is 2.15. The van der Waals surface area contributed by atoms with E-state index < -0.39 is 0 Å². The van der Waals surface area contributed by atoms with Gasteiger partial charge >= 0.3 is 0 Å². The van der Waals surface area contributed by atoms with Gasteiger partial charge in [0, 0.05) is 0 Å². The molecule has 0 aromatic heterocycles. The van der Waals surface area contributed by atoms with E-state index >= 15 is 0 Å². The second kappa shape index (κ2) is 5.16. The summed E-state index contributed by atoms with van der Waals surface area (Å²) in [7, 11) is 2.29. The van der Waals surface area contributed by atoms with Gasteiger partial charge in [-0.2, -0.15) is 0 Å². The lowest BCUT2D eigenvalue weighted by Gasteiger charge is -2.06. The van der Waals surface area contributed by atoms with Gasteiger partial charge in [0.05, 0.1) is 9.47 Å². The van der Waals surface area contributed by atoms with Gasteiger partial charge < -0.3 is 4.52 Å². The summed E-state index contributed by atoms with van der Waals surface area (Å²) in [4.78, 5) is 0. The molecule has 0 heterocycles. The van der Waals surface area contributed by atoms with Gasteiger partial charge in [0.15, 0.2) is 0 Å². The number of hydrogen-bond donors (Lipinski definition) is 0. The van der Waals surface area contributed by atoms with Crippen molar-refractivity contribution in [3.05, 3.63) is 29.8 Å². The van der Waals surface area contributed by atoms with Crippen LogP contribution in [0.1, 0.15) is 25.3 Å². The fraction of sp³-hybridized carbons (Fsp3) is 0.400. The maximum absolute atomic E-state index is 5.16. The Morgan fingerprint density at radius 2 is 2.08 bits per heavy atom. The van der Waals surface area contributed by atoms with Crippen LogP contribution in [-0.4, -0.2) is 0 Å². The van der Waals surface area contributed by atoms with Crippen molar-refractivity contribution in [2.24, 2.45) is 0 Å². The van der Waals surface area contributed by atoms with E-state index in [0.717, 1.165) is 12.2 Å². The standard InChI is InChI=1S/C10H15OP/c1-2-3-6-9-7-4-5-8-10(9)11-12/h4-5,7-8H,2-3,6,12H2,1H3. The van der Waals surface area contributed by atoms with Gasteiger partial charge in [0.2, 0.25) is 0 Å². The third-order valence-corrected chi connectivity index (χ3v) is 2.15. The Morgan fingerprint density at radius 3 is 2.75 bits per heavy atom. The molecule has 1 nitrogen and oxygen atoms in total. The molecule has 0 aliphatic heterocycles. The summed E-state index contributed by atoms with van der Waals surface area (Å²) < 4.78 is 5.16. The van der Waals surface area contributed by atoms with Crippen LogP contribution in [0.5, 0.6) is 5.75 Å². The van der Waals surface area contributed by atoms with E-state index in [1.165, 1.54) is 18.4 Å². The lowest BCUT2D eigenvalue weighted by Crippen LogP contribution is -1.87. The smallest absolute Gasteiger partial charge is 0.125 e. The van der Waals surface area contributed by atoms with Crippen molar-refractivity contribution >= 4 is 9.47 Å². The molecule has 0 saturated heterocycles. The summed E-state index contributed by atoms with van der Waals surface area (Å²) in [6, 6.07) is 8.17. The molecular formula is C10H15OP. The van der Waals surface area contributed by atoms with E-state index in [9.17, 15) is 0 Å². The first-order chi connectivity index (χ1) is 5.88. The molecule has 0 aliphatic rings. The first-order valence-electron chi connectivity index (χ1n) is 4.33. The molecule has 0 fully saturated rings. The molecule has 66 valence electrons. The average molecular weight is 182 g/mol. The minimum atomic E-state index is 0.982. The van der Waals surface area contributed by atoms with E-state index in [1.54, 1.807) is 0 Å². The van der Waals surface area contributed by atoms with Crippen LogP contribution in [0.3, 0.4) is 0 Å². The molecule has 0 aliphatic carbocycles. The number of benzene rings is 1. The van der Waals surface area contributed by atoms with Gasteiger partial charge in [0.25, 0.3) is 0 Å². The van der Waals surface area contributed by atoms with Crippen molar-refractivity contribution in [1.29, 1.82) is 0 Å². The Labute approximate surface area is 76.4 Å². The summed E-state index contributed by atoms with van der Waals surface area (Å²) >= 11 is 0. The maximum atomic E-state index is 5.16. The number of hydrogen-bond acceptors (Lipinski definition) is 1. The van der Waals surface area contributed by atoms with Crippen LogP contribution < -0.4 is 4.52 Å². The predicted molar refractivity (Wildman–Crippen MR) is 55.4 cm³/mol. The van der Waals surface area contributed by atoms with Crippen LogP contribution in [0, 0.1) is 0 Å². The second-order valence-corrected chi connectivity index (χ2v) is 3.06. The minimum absolute atomic E-state index is 0.982. The molecule has 1 unspecified atom stereocenters. The van der Waals surface area contributed by atoms with Gasteiger partial charge in [-0.3, -0.25) is 0 Å². The summed E-state index contributed by atoms with van der Waals surface area (Å²) in [6.07, 6.45) is 3.57. The Bertz CT molecular complexity index is 235. The van der Waals surface area contributed by atoms with Gasteiger partial charge in [-0.25, -0.2) is 0 Å². The van der Waals surface area contributed by atoms with Gasteiger partial charge in [-0.15, -0.1) is 0 Å². The Morgan fingerprint density at radius 1 is 1.33 bits per heavy atom. The van der Waals surface area contributed by atoms with Gasteiger partial charge in [-0.1, -0.05) is 31.5 Å². The topological polar surface area (TPSA) is 9.23 Å². The van der Waals surface area contributed by atoms with E-state index in [1.807, 2.05) is 12.1 Å². The lowest BCUT2D eigenvalue weighted by atomic mass is 10.1. The molecule has 1 atom stereocenters. The maximum Gasteiger partial charge on any atom is 0.125 e. The quantitative estimate of drug-likeness (QED) is 0.650. The first kappa shape index (κ1) is 9.54. The largest absolute Gasteiger partial charge is 0.480 e. The highest BCUT2D eigenvalue weighted by molar-refractivity contribution is 7.10. The third kappa shape index (κ3) is 2.49. The molecule has 1 aromatic carbocycles. The molecule has 12 heavy (non-hydrogen) atoms. The zero-order valence-corrected chi connectivity index (χ0v) is 8.57. The highest BCUT2D eigenvalue weighted by Crippen LogP contribution is 2.21. The molecule has 0 spiro atoms. The number of aryl methyl sites for hydroxylation is 1. The molecule has 1 rings (SSSR count). The van der Waals surface area contributed by atoms with Crippen LogP contribution >= 0.6 is 9.47 Å². The van der Waals surface area contributed by atoms with Crippen LogP contribution in [0.2, 0.25) is 0 Å². The summed E-state index contributed by atoms with van der Waals surface area (Å²) in [5, 5.41) is 0. The summed E-state index contributed by atoms with van der Waals surface area (Å²) in [5.74, 6) is 0.982. The van der Waals surface area contributed by atoms with Crippen molar-refractivity contribution in [2.75, 3.05) is 0 Å². The molecule has 0 amide bonds. The van der Waals surface area contributed by atoms with E-state index in [0.29, 0.717) is 0 Å². The zero-order chi connectivity index (χ0) is 8.81. The second-order valence-electron chi connectivity index (χ2n) is 2.83. The fourth-order valence-electron chi connectivity index (χ4n) is 1.19. The molecule has 0 radical (unpaired) electrons. The van der Waals surface area contributed by atoms with Crippen molar-refractivity contribution < 1.29 is 4.52 Å². The molecule has 1 aromatic rings. The van der Waals surface area contributed by atoms with Crippen LogP contribution in [-0.2, 0) is 6.42 Å². The molecule has 0 N–H and O–H groups in total. The van der Waals surface area contributed by atoms with Crippen LogP contribution in [0.4, 0.5) is 0 Å². The van der Waals surface area contributed by atoms with Crippen LogP contribution in [0.25, 0.3) is 0 Å². The van der Waals surface area contributed by atoms with Crippen molar-refractivity contribution in [3.63, 3.8) is 0 Å². The monoisotopic (exact) mass is 182 g/mol. The predicted octanol–water partition coefficient (Wildman–Crippen LogP) is 3.20. The summed E-state index contributed by atoms with van der Waals surface area (Å²) in [5.41, 5.74) is 1.30. The number of para-hydroxylation sites is 1. The minimum Gasteiger partial charge on any atom is -0.480 e. The normalized spacial score (nSPS) is 9.83. The number of rotatable bonds is 4. The van der Waals surface area contributed by atoms with E-state index in [-0.39, 0.29) is 0 Å². The van der Waals surface area contributed by atoms with E-state index in [2.05, 4.69) is 28.5 Å². The fourth-order valence-corrected chi connectivity index (χ4v) is 1.42. The van der Waals surface area contributed by atoms with E-state index in [4.69, 9.17) is 4.52 Å². The van der Waals surface area contributed by atoms with Crippen molar-refractivity contribution in [3.8, 4) is 5.75 Å². The Kier molecular flexibility index (Phi) is 4.10. The molecule has 2 heteroatoms. The highest BCUT2D eigenvalue weighted by Gasteiger charge is 1.99. The van der Waals surface area contributed by atoms with Crippen molar-refractivity contribution in [2.45, 2.75) is 26.2 Å². The summed E-state index contributed by atoms with van der Waals surface area (Å²) in [6.45, 7) is 2.20. The Balaban J connectivity index is 2.68. The SMILES string of the molecule is CCCCc1ccccc1OP. The zero-order valence-electron chi connectivity index (χ0n) is 7.42. The Hall–Kier alpha value is -0.550. The first-order valence-corrected chi connectivity index (χ1v) is 4.80. The van der Waals surface area contributed by atoms with Crippen molar-refractivity contribution in [1.82, 2.24) is 0 Å². The highest BCUT2D eigenvalue weighted by atomic mass is 31.0. The number of unbranched alkanes of at least 4 members (excludes halogenated alkanes) is 1. The van der Waals surface area contributed by atoms with Gasteiger partial charge in [-0.05, 0) is 24.5 Å². The lowest BCUT2D eigenvalue weighted by molar-refractivity contribution is 0.627. The molecule has 0 bridgehead atoms.